The average molecular weight is 262 g/mol. The van der Waals surface area contributed by atoms with Crippen molar-refractivity contribution in [3.63, 3.8) is 0 Å². The van der Waals surface area contributed by atoms with E-state index in [9.17, 15) is 0 Å². The van der Waals surface area contributed by atoms with E-state index in [1.165, 1.54) is 0 Å². The van der Waals surface area contributed by atoms with E-state index in [-0.39, 0.29) is 17.8 Å². The van der Waals surface area contributed by atoms with E-state index in [1.807, 2.05) is 30.3 Å². The zero-order valence-corrected chi connectivity index (χ0v) is 11.9. The Labute approximate surface area is 115 Å². The number of rotatable bonds is 4. The van der Waals surface area contributed by atoms with Gasteiger partial charge in [-0.05, 0) is 18.6 Å². The van der Waals surface area contributed by atoms with Crippen LogP contribution in [0.4, 0.5) is 0 Å². The van der Waals surface area contributed by atoms with Crippen molar-refractivity contribution >= 4 is 0 Å². The average Bonchev–Trinajstić information content (AvgIpc) is 2.41. The summed E-state index contributed by atoms with van der Waals surface area (Å²) in [4.78, 5) is 0. The summed E-state index contributed by atoms with van der Waals surface area (Å²) in [5.74, 6) is 0.836. The van der Waals surface area contributed by atoms with Crippen molar-refractivity contribution in [2.45, 2.75) is 32.7 Å². The summed E-state index contributed by atoms with van der Waals surface area (Å²) in [6.45, 7) is 8.80. The summed E-state index contributed by atoms with van der Waals surface area (Å²) in [5, 5.41) is 0. The van der Waals surface area contributed by atoms with Gasteiger partial charge in [-0.1, -0.05) is 32.1 Å². The minimum Gasteiger partial charge on any atom is -0.497 e. The van der Waals surface area contributed by atoms with Crippen LogP contribution in [0.15, 0.2) is 36.9 Å². The summed E-state index contributed by atoms with van der Waals surface area (Å²) >= 11 is 0. The molecular weight excluding hydrogens is 240 g/mol. The highest BCUT2D eigenvalue weighted by Crippen LogP contribution is 2.38. The zero-order chi connectivity index (χ0) is 13.9. The standard InChI is InChI=1S/C16H22O3/c1-5-6-14-16(2,3)11-18-15(19-14)12-7-9-13(17-4)10-8-12/h5,7-10,14-15H,1,6,11H2,2-4H3/t14-,15?/m1/s1. The van der Waals surface area contributed by atoms with Crippen molar-refractivity contribution < 1.29 is 14.2 Å². The molecule has 0 spiro atoms. The first-order valence-corrected chi connectivity index (χ1v) is 6.59. The molecule has 1 heterocycles. The van der Waals surface area contributed by atoms with Gasteiger partial charge in [0.15, 0.2) is 6.29 Å². The first-order valence-electron chi connectivity index (χ1n) is 6.59. The van der Waals surface area contributed by atoms with Crippen LogP contribution < -0.4 is 4.74 Å². The molecule has 0 radical (unpaired) electrons. The Morgan fingerprint density at radius 3 is 2.63 bits per heavy atom. The van der Waals surface area contributed by atoms with E-state index < -0.39 is 0 Å². The summed E-state index contributed by atoms with van der Waals surface area (Å²) in [6, 6.07) is 7.80. The van der Waals surface area contributed by atoms with Gasteiger partial charge in [-0.2, -0.15) is 0 Å². The van der Waals surface area contributed by atoms with Gasteiger partial charge in [-0.15, -0.1) is 6.58 Å². The Morgan fingerprint density at radius 1 is 1.37 bits per heavy atom. The molecule has 1 aliphatic heterocycles. The SMILES string of the molecule is C=CC[C@H]1OC(c2ccc(OC)cc2)OCC1(C)C. The fourth-order valence-corrected chi connectivity index (χ4v) is 2.22. The summed E-state index contributed by atoms with van der Waals surface area (Å²) in [5.41, 5.74) is 1.03. The van der Waals surface area contributed by atoms with Crippen molar-refractivity contribution in [2.24, 2.45) is 5.41 Å². The third-order valence-corrected chi connectivity index (χ3v) is 3.53. The highest BCUT2D eigenvalue weighted by molar-refractivity contribution is 5.28. The summed E-state index contributed by atoms with van der Waals surface area (Å²) in [7, 11) is 1.66. The van der Waals surface area contributed by atoms with Crippen molar-refractivity contribution in [2.75, 3.05) is 13.7 Å². The molecule has 19 heavy (non-hydrogen) atoms. The van der Waals surface area contributed by atoms with Crippen LogP contribution in [0.3, 0.4) is 0 Å². The molecule has 0 amide bonds. The normalized spacial score (nSPS) is 25.8. The Morgan fingerprint density at radius 2 is 2.05 bits per heavy atom. The topological polar surface area (TPSA) is 27.7 Å². The third kappa shape index (κ3) is 3.17. The smallest absolute Gasteiger partial charge is 0.184 e. The molecule has 1 aliphatic rings. The third-order valence-electron chi connectivity index (χ3n) is 3.53. The molecule has 1 aromatic carbocycles. The highest BCUT2D eigenvalue weighted by Gasteiger charge is 2.37. The Hall–Kier alpha value is -1.32. The second-order valence-electron chi connectivity index (χ2n) is 5.55. The number of hydrogen-bond acceptors (Lipinski definition) is 3. The maximum Gasteiger partial charge on any atom is 0.184 e. The van der Waals surface area contributed by atoms with Gasteiger partial charge >= 0.3 is 0 Å². The van der Waals surface area contributed by atoms with E-state index >= 15 is 0 Å². The molecule has 3 nitrogen and oxygen atoms in total. The molecule has 0 N–H and O–H groups in total. The molecular formula is C16H22O3. The van der Waals surface area contributed by atoms with Crippen LogP contribution >= 0.6 is 0 Å². The van der Waals surface area contributed by atoms with Gasteiger partial charge in [-0.3, -0.25) is 0 Å². The predicted molar refractivity (Wildman–Crippen MR) is 75.2 cm³/mol. The lowest BCUT2D eigenvalue weighted by molar-refractivity contribution is -0.263. The van der Waals surface area contributed by atoms with Gasteiger partial charge in [-0.25, -0.2) is 0 Å². The molecule has 1 aromatic rings. The highest BCUT2D eigenvalue weighted by atomic mass is 16.7. The van der Waals surface area contributed by atoms with E-state index in [1.54, 1.807) is 7.11 Å². The van der Waals surface area contributed by atoms with Crippen LogP contribution in [0.1, 0.15) is 32.1 Å². The molecule has 0 aliphatic carbocycles. The first-order chi connectivity index (χ1) is 9.06. The molecule has 0 saturated carbocycles. The molecule has 3 heteroatoms. The molecule has 0 bridgehead atoms. The lowest BCUT2D eigenvalue weighted by atomic mass is 9.84. The van der Waals surface area contributed by atoms with E-state index in [0.717, 1.165) is 17.7 Å². The van der Waals surface area contributed by atoms with Crippen LogP contribution in [0.5, 0.6) is 5.75 Å². The molecule has 2 atom stereocenters. The van der Waals surface area contributed by atoms with E-state index in [4.69, 9.17) is 14.2 Å². The Kier molecular flexibility index (Phi) is 4.27. The van der Waals surface area contributed by atoms with Crippen LogP contribution in [-0.2, 0) is 9.47 Å². The second-order valence-corrected chi connectivity index (χ2v) is 5.55. The fraction of sp³-hybridized carbons (Fsp3) is 0.500. The van der Waals surface area contributed by atoms with Gasteiger partial charge in [0.2, 0.25) is 0 Å². The summed E-state index contributed by atoms with van der Waals surface area (Å²) < 4.78 is 17.1. The lowest BCUT2D eigenvalue weighted by Gasteiger charge is -2.41. The molecule has 104 valence electrons. The first kappa shape index (κ1) is 14.1. The van der Waals surface area contributed by atoms with Gasteiger partial charge in [0.25, 0.3) is 0 Å². The number of benzene rings is 1. The number of methoxy groups -OCH3 is 1. The molecule has 2 rings (SSSR count). The predicted octanol–water partition coefficient (Wildman–Crippen LogP) is 3.71. The van der Waals surface area contributed by atoms with Gasteiger partial charge in [0, 0.05) is 11.0 Å². The molecule has 1 fully saturated rings. The zero-order valence-electron chi connectivity index (χ0n) is 11.9. The van der Waals surface area contributed by atoms with Crippen LogP contribution in [0, 0.1) is 5.41 Å². The minimum absolute atomic E-state index is 0.0111. The monoisotopic (exact) mass is 262 g/mol. The number of hydrogen-bond donors (Lipinski definition) is 0. The largest absolute Gasteiger partial charge is 0.497 e. The van der Waals surface area contributed by atoms with Crippen LogP contribution in [0.2, 0.25) is 0 Å². The molecule has 1 saturated heterocycles. The molecule has 1 unspecified atom stereocenters. The summed E-state index contributed by atoms with van der Waals surface area (Å²) in [6.07, 6.45) is 2.57. The van der Waals surface area contributed by atoms with Gasteiger partial charge in [0.05, 0.1) is 19.8 Å². The van der Waals surface area contributed by atoms with Crippen molar-refractivity contribution in [3.8, 4) is 5.75 Å². The van der Waals surface area contributed by atoms with Crippen molar-refractivity contribution in [1.29, 1.82) is 0 Å². The number of ether oxygens (including phenoxy) is 3. The van der Waals surface area contributed by atoms with Crippen molar-refractivity contribution in [3.05, 3.63) is 42.5 Å². The van der Waals surface area contributed by atoms with Gasteiger partial charge < -0.3 is 14.2 Å². The Bertz CT molecular complexity index is 422. The minimum atomic E-state index is -0.302. The quantitative estimate of drug-likeness (QED) is 0.774. The second kappa shape index (κ2) is 5.76. The van der Waals surface area contributed by atoms with Crippen LogP contribution in [-0.4, -0.2) is 19.8 Å². The van der Waals surface area contributed by atoms with Crippen molar-refractivity contribution in [1.82, 2.24) is 0 Å². The van der Waals surface area contributed by atoms with E-state index in [2.05, 4.69) is 20.4 Å². The Balaban J connectivity index is 2.11. The van der Waals surface area contributed by atoms with E-state index in [0.29, 0.717) is 6.61 Å². The molecule has 0 aromatic heterocycles. The maximum atomic E-state index is 6.07. The van der Waals surface area contributed by atoms with Gasteiger partial charge in [0.1, 0.15) is 5.75 Å². The fourth-order valence-electron chi connectivity index (χ4n) is 2.22. The van der Waals surface area contributed by atoms with Crippen LogP contribution in [0.25, 0.3) is 0 Å². The lowest BCUT2D eigenvalue weighted by Crippen LogP contribution is -2.42. The maximum absolute atomic E-state index is 6.07.